The molecule has 0 radical (unpaired) electrons. The molecule has 0 atom stereocenters. The minimum atomic E-state index is -0.307. The first-order chi connectivity index (χ1) is 7.70. The number of nitrogen functional groups attached to an aromatic ring is 1. The van der Waals surface area contributed by atoms with Crippen LogP contribution in [-0.4, -0.2) is 33.2 Å². The predicted octanol–water partition coefficient (Wildman–Crippen LogP) is 0.577. The maximum absolute atomic E-state index is 11.0. The molecule has 0 amide bonds. The summed E-state index contributed by atoms with van der Waals surface area (Å²) in [4.78, 5) is 19.3. The lowest BCUT2D eigenvalue weighted by atomic mass is 10.6. The number of methoxy groups -OCH3 is 1. The predicted molar refractivity (Wildman–Crippen MR) is 60.1 cm³/mol. The summed E-state index contributed by atoms with van der Waals surface area (Å²) in [5, 5.41) is 0.621. The summed E-state index contributed by atoms with van der Waals surface area (Å²) in [5.74, 6) is 0.270. The minimum Gasteiger partial charge on any atom is -0.468 e. The van der Waals surface area contributed by atoms with Gasteiger partial charge in [0.05, 0.1) is 19.1 Å². The van der Waals surface area contributed by atoms with Gasteiger partial charge in [-0.3, -0.25) is 4.79 Å². The minimum absolute atomic E-state index is 0.190. The van der Waals surface area contributed by atoms with Gasteiger partial charge in [0.25, 0.3) is 0 Å². The molecule has 2 N–H and O–H groups in total. The molecule has 2 aromatic rings. The Balaban J connectivity index is 2.28. The van der Waals surface area contributed by atoms with Crippen LogP contribution in [-0.2, 0) is 9.53 Å². The molecule has 84 valence electrons. The third-order valence-electron chi connectivity index (χ3n) is 1.92. The first kappa shape index (κ1) is 10.7. The molecule has 16 heavy (non-hydrogen) atoms. The van der Waals surface area contributed by atoms with Crippen molar-refractivity contribution in [1.29, 1.82) is 0 Å². The van der Waals surface area contributed by atoms with Gasteiger partial charge < -0.3 is 14.9 Å². The molecule has 7 heteroatoms. The number of fused-ring (bicyclic) bond motifs is 1. The molecule has 0 aliphatic carbocycles. The third kappa shape index (κ3) is 2.08. The molecule has 2 aromatic heterocycles. The van der Waals surface area contributed by atoms with Crippen LogP contribution < -0.4 is 5.73 Å². The largest absolute Gasteiger partial charge is 0.468 e. The molecular weight excluding hydrogens is 228 g/mol. The summed E-state index contributed by atoms with van der Waals surface area (Å²) >= 11 is 1.25. The fourth-order valence-corrected chi connectivity index (χ4v) is 2.03. The van der Waals surface area contributed by atoms with Crippen LogP contribution in [0.3, 0.4) is 0 Å². The highest BCUT2D eigenvalue weighted by molar-refractivity contribution is 8.00. The van der Waals surface area contributed by atoms with Gasteiger partial charge in [0.15, 0.2) is 5.65 Å². The summed E-state index contributed by atoms with van der Waals surface area (Å²) < 4.78 is 6.32. The molecule has 0 saturated heterocycles. The highest BCUT2D eigenvalue weighted by atomic mass is 32.2. The van der Waals surface area contributed by atoms with Crippen LogP contribution in [0.1, 0.15) is 0 Å². The summed E-state index contributed by atoms with van der Waals surface area (Å²) in [5.41, 5.74) is 6.32. The van der Waals surface area contributed by atoms with Gasteiger partial charge in [0, 0.05) is 12.4 Å². The van der Waals surface area contributed by atoms with Crippen molar-refractivity contribution < 1.29 is 9.53 Å². The number of rotatable bonds is 3. The molecule has 2 heterocycles. The zero-order valence-electron chi connectivity index (χ0n) is 8.58. The Morgan fingerprint density at radius 1 is 1.69 bits per heavy atom. The van der Waals surface area contributed by atoms with Crippen molar-refractivity contribution >= 4 is 29.2 Å². The number of anilines is 1. The Hall–Kier alpha value is -1.76. The first-order valence-corrected chi connectivity index (χ1v) is 5.48. The second-order valence-corrected chi connectivity index (χ2v) is 3.96. The van der Waals surface area contributed by atoms with Crippen LogP contribution in [0.4, 0.5) is 5.82 Å². The Kier molecular flexibility index (Phi) is 2.95. The number of nitrogens with two attached hydrogens (primary N) is 1. The highest BCUT2D eigenvalue weighted by Gasteiger charge is 2.09. The van der Waals surface area contributed by atoms with Crippen molar-refractivity contribution in [2.45, 2.75) is 5.03 Å². The summed E-state index contributed by atoms with van der Waals surface area (Å²) in [6, 6.07) is 0. The molecule has 0 aliphatic rings. The van der Waals surface area contributed by atoms with Gasteiger partial charge in [-0.2, -0.15) is 0 Å². The second kappa shape index (κ2) is 4.40. The van der Waals surface area contributed by atoms with Gasteiger partial charge in [-0.1, -0.05) is 11.8 Å². The topological polar surface area (TPSA) is 82.5 Å². The molecule has 6 nitrogen and oxygen atoms in total. The van der Waals surface area contributed by atoms with Gasteiger partial charge in [-0.05, 0) is 0 Å². The van der Waals surface area contributed by atoms with Crippen molar-refractivity contribution in [3.63, 3.8) is 0 Å². The molecule has 0 saturated carbocycles. The lowest BCUT2D eigenvalue weighted by Crippen LogP contribution is -2.04. The summed E-state index contributed by atoms with van der Waals surface area (Å²) in [6.45, 7) is 0. The summed E-state index contributed by atoms with van der Waals surface area (Å²) in [7, 11) is 1.35. The Labute approximate surface area is 95.8 Å². The van der Waals surface area contributed by atoms with Gasteiger partial charge in [0.1, 0.15) is 10.8 Å². The average molecular weight is 238 g/mol. The van der Waals surface area contributed by atoms with Crippen LogP contribution >= 0.6 is 11.8 Å². The smallest absolute Gasteiger partial charge is 0.316 e. The van der Waals surface area contributed by atoms with Crippen LogP contribution in [0, 0.1) is 0 Å². The fourth-order valence-electron chi connectivity index (χ4n) is 1.20. The van der Waals surface area contributed by atoms with E-state index in [0.29, 0.717) is 16.5 Å². The molecule has 0 aliphatic heterocycles. The molecule has 2 rings (SSSR count). The number of nitrogens with zero attached hydrogens (tertiary/aromatic N) is 3. The molecular formula is C9H10N4O2S. The van der Waals surface area contributed by atoms with Gasteiger partial charge in [-0.25, -0.2) is 9.97 Å². The van der Waals surface area contributed by atoms with E-state index in [0.717, 1.165) is 0 Å². The number of hydrogen-bond donors (Lipinski definition) is 1. The van der Waals surface area contributed by atoms with Crippen molar-refractivity contribution in [3.8, 4) is 0 Å². The maximum atomic E-state index is 11.0. The second-order valence-electron chi connectivity index (χ2n) is 2.99. The Morgan fingerprint density at radius 3 is 3.25 bits per heavy atom. The Morgan fingerprint density at radius 2 is 2.50 bits per heavy atom. The van der Waals surface area contributed by atoms with Crippen LogP contribution in [0.25, 0.3) is 5.65 Å². The van der Waals surface area contributed by atoms with Crippen LogP contribution in [0.2, 0.25) is 0 Å². The number of carbonyl (C=O) groups is 1. The molecule has 0 bridgehead atoms. The zero-order valence-corrected chi connectivity index (χ0v) is 9.40. The van der Waals surface area contributed by atoms with Crippen molar-refractivity contribution in [1.82, 2.24) is 14.4 Å². The number of hydrogen-bond acceptors (Lipinski definition) is 6. The highest BCUT2D eigenvalue weighted by Crippen LogP contribution is 2.21. The molecule has 0 spiro atoms. The zero-order chi connectivity index (χ0) is 11.5. The van der Waals surface area contributed by atoms with Crippen molar-refractivity contribution in [2.75, 3.05) is 18.6 Å². The molecule has 0 unspecified atom stereocenters. The quantitative estimate of drug-likeness (QED) is 0.622. The van der Waals surface area contributed by atoms with Gasteiger partial charge in [-0.15, -0.1) is 0 Å². The standard InChI is InChI=1S/C9H10N4O2S/c1-15-7(14)5-16-9-8-11-2-3-13(8)4-6(10)12-9/h2-4H,5,10H2,1H3. The molecule has 0 fully saturated rings. The lowest BCUT2D eigenvalue weighted by molar-refractivity contribution is -0.137. The monoisotopic (exact) mass is 238 g/mol. The Bertz CT molecular complexity index is 525. The number of thioether (sulfide) groups is 1. The van der Waals surface area contributed by atoms with Gasteiger partial charge in [0.2, 0.25) is 0 Å². The first-order valence-electron chi connectivity index (χ1n) is 4.49. The maximum Gasteiger partial charge on any atom is 0.316 e. The van der Waals surface area contributed by atoms with E-state index in [1.807, 2.05) is 0 Å². The van der Waals surface area contributed by atoms with E-state index < -0.39 is 0 Å². The van der Waals surface area contributed by atoms with E-state index in [1.54, 1.807) is 23.0 Å². The number of esters is 1. The van der Waals surface area contributed by atoms with E-state index in [4.69, 9.17) is 5.73 Å². The van der Waals surface area contributed by atoms with E-state index in [1.165, 1.54) is 18.9 Å². The van der Waals surface area contributed by atoms with E-state index >= 15 is 0 Å². The number of imidazole rings is 1. The van der Waals surface area contributed by atoms with E-state index in [2.05, 4.69) is 14.7 Å². The van der Waals surface area contributed by atoms with E-state index in [-0.39, 0.29) is 11.7 Å². The molecule has 0 aromatic carbocycles. The fraction of sp³-hybridized carbons (Fsp3) is 0.222. The number of ether oxygens (including phenoxy) is 1. The van der Waals surface area contributed by atoms with Crippen molar-refractivity contribution in [3.05, 3.63) is 18.6 Å². The van der Waals surface area contributed by atoms with Gasteiger partial charge >= 0.3 is 5.97 Å². The number of carbonyl (C=O) groups excluding carboxylic acids is 1. The lowest BCUT2D eigenvalue weighted by Gasteiger charge is -2.03. The normalized spacial score (nSPS) is 10.6. The SMILES string of the molecule is COC(=O)CSc1nc(N)cn2ccnc12. The van der Waals surface area contributed by atoms with Crippen molar-refractivity contribution in [2.24, 2.45) is 0 Å². The van der Waals surface area contributed by atoms with E-state index in [9.17, 15) is 4.79 Å². The third-order valence-corrected chi connectivity index (χ3v) is 2.84. The van der Waals surface area contributed by atoms with Crippen LogP contribution in [0.5, 0.6) is 0 Å². The number of aromatic nitrogens is 3. The average Bonchev–Trinajstić information content (AvgIpc) is 2.73. The summed E-state index contributed by atoms with van der Waals surface area (Å²) in [6.07, 6.45) is 5.10. The van der Waals surface area contributed by atoms with Crippen LogP contribution in [0.15, 0.2) is 23.6 Å².